The predicted octanol–water partition coefficient (Wildman–Crippen LogP) is 2.23. The summed E-state index contributed by atoms with van der Waals surface area (Å²) in [7, 11) is 0. The van der Waals surface area contributed by atoms with Gasteiger partial charge in [-0.3, -0.25) is 4.90 Å². The quantitative estimate of drug-likeness (QED) is 0.755. The molecule has 2 aliphatic heterocycles. The second kappa shape index (κ2) is 4.99. The third-order valence-electron chi connectivity index (χ3n) is 4.20. The molecule has 0 aromatic heterocycles. The Morgan fingerprint density at radius 1 is 1.11 bits per heavy atom. The van der Waals surface area contributed by atoms with E-state index >= 15 is 0 Å². The van der Waals surface area contributed by atoms with E-state index in [2.05, 4.69) is 21.9 Å². The van der Waals surface area contributed by atoms with Crippen molar-refractivity contribution in [3.63, 3.8) is 0 Å². The molecule has 3 rings (SSSR count). The molecule has 0 bridgehead atoms. The molecule has 0 amide bonds. The highest BCUT2D eigenvalue weighted by molar-refractivity contribution is 5.59. The van der Waals surface area contributed by atoms with Crippen LogP contribution in [0.2, 0.25) is 0 Å². The third kappa shape index (κ3) is 2.09. The van der Waals surface area contributed by atoms with E-state index in [1.54, 1.807) is 0 Å². The van der Waals surface area contributed by atoms with Crippen molar-refractivity contribution in [2.75, 3.05) is 31.1 Å². The van der Waals surface area contributed by atoms with Crippen LogP contribution in [0.5, 0.6) is 0 Å². The van der Waals surface area contributed by atoms with Gasteiger partial charge in [0.1, 0.15) is 6.07 Å². The van der Waals surface area contributed by atoms with E-state index in [4.69, 9.17) is 0 Å². The molecular formula is C15H19N3. The number of fused-ring (bicyclic) bond motifs is 1. The fraction of sp³-hybridized carbons (Fsp3) is 0.533. The Kier molecular flexibility index (Phi) is 3.21. The van der Waals surface area contributed by atoms with E-state index in [0.29, 0.717) is 6.04 Å². The van der Waals surface area contributed by atoms with Gasteiger partial charge in [-0.25, -0.2) is 0 Å². The molecule has 18 heavy (non-hydrogen) atoms. The fourth-order valence-electron chi connectivity index (χ4n) is 3.22. The van der Waals surface area contributed by atoms with Gasteiger partial charge in [0.15, 0.2) is 0 Å². The Bertz CT molecular complexity index is 463. The number of anilines is 1. The maximum Gasteiger partial charge on any atom is 0.101 e. The molecule has 1 aromatic carbocycles. The highest BCUT2D eigenvalue weighted by Gasteiger charge is 2.29. The van der Waals surface area contributed by atoms with Gasteiger partial charge in [0.05, 0.1) is 11.3 Å². The van der Waals surface area contributed by atoms with Crippen molar-refractivity contribution in [1.82, 2.24) is 4.90 Å². The Hall–Kier alpha value is -1.53. The summed E-state index contributed by atoms with van der Waals surface area (Å²) in [4.78, 5) is 5.01. The van der Waals surface area contributed by atoms with Crippen LogP contribution in [0.4, 0.5) is 5.69 Å². The van der Waals surface area contributed by atoms with Crippen molar-refractivity contribution >= 4 is 5.69 Å². The van der Waals surface area contributed by atoms with Crippen LogP contribution in [0.3, 0.4) is 0 Å². The molecule has 0 radical (unpaired) electrons. The zero-order valence-corrected chi connectivity index (χ0v) is 10.7. The molecule has 1 aromatic rings. The average molecular weight is 241 g/mol. The molecule has 1 unspecified atom stereocenters. The van der Waals surface area contributed by atoms with Crippen molar-refractivity contribution in [1.29, 1.82) is 5.26 Å². The standard InChI is InChI=1S/C15H19N3/c16-11-13-5-1-2-7-15(13)18-10-9-17-8-4-3-6-14(17)12-18/h1-2,5,7,14H,3-4,6,8-10,12H2. The lowest BCUT2D eigenvalue weighted by Crippen LogP contribution is -2.55. The molecule has 94 valence electrons. The van der Waals surface area contributed by atoms with Crippen LogP contribution in [-0.4, -0.2) is 37.1 Å². The van der Waals surface area contributed by atoms with Gasteiger partial charge in [-0.2, -0.15) is 5.26 Å². The second-order valence-electron chi connectivity index (χ2n) is 5.26. The Morgan fingerprint density at radius 3 is 2.89 bits per heavy atom. The lowest BCUT2D eigenvalue weighted by Gasteiger charge is -2.45. The molecular weight excluding hydrogens is 222 g/mol. The van der Waals surface area contributed by atoms with Gasteiger partial charge in [-0.1, -0.05) is 18.6 Å². The van der Waals surface area contributed by atoms with Gasteiger partial charge >= 0.3 is 0 Å². The van der Waals surface area contributed by atoms with Crippen LogP contribution in [0.25, 0.3) is 0 Å². The van der Waals surface area contributed by atoms with Crippen molar-refractivity contribution in [2.24, 2.45) is 0 Å². The van der Waals surface area contributed by atoms with E-state index in [1.807, 2.05) is 18.2 Å². The maximum absolute atomic E-state index is 9.19. The van der Waals surface area contributed by atoms with E-state index in [0.717, 1.165) is 30.9 Å². The van der Waals surface area contributed by atoms with Gasteiger partial charge < -0.3 is 4.90 Å². The summed E-state index contributed by atoms with van der Waals surface area (Å²) in [6.07, 6.45) is 4.02. The smallest absolute Gasteiger partial charge is 0.101 e. The maximum atomic E-state index is 9.19. The zero-order valence-electron chi connectivity index (χ0n) is 10.7. The summed E-state index contributed by atoms with van der Waals surface area (Å²) >= 11 is 0. The van der Waals surface area contributed by atoms with E-state index in [-0.39, 0.29) is 0 Å². The van der Waals surface area contributed by atoms with E-state index in [1.165, 1.54) is 25.8 Å². The Labute approximate surface area is 109 Å². The van der Waals surface area contributed by atoms with Gasteiger partial charge in [0.2, 0.25) is 0 Å². The number of para-hydroxylation sites is 1. The summed E-state index contributed by atoms with van der Waals surface area (Å²) in [5, 5.41) is 9.19. The molecule has 0 spiro atoms. The monoisotopic (exact) mass is 241 g/mol. The molecule has 3 heteroatoms. The highest BCUT2D eigenvalue weighted by Crippen LogP contribution is 2.26. The van der Waals surface area contributed by atoms with E-state index in [9.17, 15) is 5.26 Å². The summed E-state index contributed by atoms with van der Waals surface area (Å²) in [5.74, 6) is 0. The van der Waals surface area contributed by atoms with Crippen LogP contribution in [0.1, 0.15) is 24.8 Å². The number of nitrogens with zero attached hydrogens (tertiary/aromatic N) is 3. The number of benzene rings is 1. The van der Waals surface area contributed by atoms with Crippen LogP contribution in [-0.2, 0) is 0 Å². The molecule has 2 heterocycles. The zero-order chi connectivity index (χ0) is 12.4. The molecule has 2 saturated heterocycles. The largest absolute Gasteiger partial charge is 0.368 e. The normalized spacial score (nSPS) is 24.4. The third-order valence-corrected chi connectivity index (χ3v) is 4.20. The van der Waals surface area contributed by atoms with Crippen molar-refractivity contribution < 1.29 is 0 Å². The first-order chi connectivity index (χ1) is 8.88. The Balaban J connectivity index is 1.79. The minimum Gasteiger partial charge on any atom is -0.368 e. The highest BCUT2D eigenvalue weighted by atomic mass is 15.3. The van der Waals surface area contributed by atoms with Gasteiger partial charge in [0.25, 0.3) is 0 Å². The van der Waals surface area contributed by atoms with E-state index < -0.39 is 0 Å². The minimum atomic E-state index is 0.694. The molecule has 0 aliphatic carbocycles. The predicted molar refractivity (Wildman–Crippen MR) is 72.6 cm³/mol. The Morgan fingerprint density at radius 2 is 2.00 bits per heavy atom. The number of nitriles is 1. The molecule has 1 atom stereocenters. The minimum absolute atomic E-state index is 0.694. The molecule has 0 saturated carbocycles. The van der Waals surface area contributed by atoms with Crippen molar-refractivity contribution in [3.8, 4) is 6.07 Å². The molecule has 2 fully saturated rings. The van der Waals surface area contributed by atoms with Gasteiger partial charge in [0, 0.05) is 25.7 Å². The van der Waals surface area contributed by atoms with Crippen LogP contribution < -0.4 is 4.90 Å². The van der Waals surface area contributed by atoms with Crippen LogP contribution in [0.15, 0.2) is 24.3 Å². The number of piperazine rings is 1. The van der Waals surface area contributed by atoms with Crippen LogP contribution >= 0.6 is 0 Å². The lowest BCUT2D eigenvalue weighted by atomic mass is 9.99. The summed E-state index contributed by atoms with van der Waals surface area (Å²) in [6.45, 7) is 4.54. The van der Waals surface area contributed by atoms with Gasteiger partial charge in [-0.05, 0) is 31.5 Å². The topological polar surface area (TPSA) is 30.3 Å². The summed E-state index contributed by atoms with van der Waals surface area (Å²) < 4.78 is 0. The number of hydrogen-bond acceptors (Lipinski definition) is 3. The first-order valence-corrected chi connectivity index (χ1v) is 6.86. The lowest BCUT2D eigenvalue weighted by molar-refractivity contribution is 0.133. The molecule has 3 nitrogen and oxygen atoms in total. The first-order valence-electron chi connectivity index (χ1n) is 6.86. The summed E-state index contributed by atoms with van der Waals surface area (Å²) in [5.41, 5.74) is 1.92. The van der Waals surface area contributed by atoms with Crippen LogP contribution in [0, 0.1) is 11.3 Å². The van der Waals surface area contributed by atoms with Gasteiger partial charge in [-0.15, -0.1) is 0 Å². The van der Waals surface area contributed by atoms with Crippen molar-refractivity contribution in [2.45, 2.75) is 25.3 Å². The summed E-state index contributed by atoms with van der Waals surface area (Å²) in [6, 6.07) is 11.0. The number of rotatable bonds is 1. The SMILES string of the molecule is N#Cc1ccccc1N1CCN2CCCCC2C1. The molecule has 2 aliphatic rings. The molecule has 0 N–H and O–H groups in total. The number of hydrogen-bond donors (Lipinski definition) is 0. The fourth-order valence-corrected chi connectivity index (χ4v) is 3.22. The number of piperidine rings is 1. The first kappa shape index (κ1) is 11.6. The van der Waals surface area contributed by atoms with Crippen molar-refractivity contribution in [3.05, 3.63) is 29.8 Å². The second-order valence-corrected chi connectivity index (χ2v) is 5.26. The average Bonchev–Trinajstić information content (AvgIpc) is 2.46.